The second kappa shape index (κ2) is 3.15. The number of hydrogen-bond acceptors (Lipinski definition) is 3. The van der Waals surface area contributed by atoms with E-state index in [0.717, 1.165) is 25.4 Å². The van der Waals surface area contributed by atoms with Crippen LogP contribution < -0.4 is 10.1 Å². The lowest BCUT2D eigenvalue weighted by Gasteiger charge is -2.11. The molecule has 0 bridgehead atoms. The third-order valence-electron chi connectivity index (χ3n) is 2.08. The summed E-state index contributed by atoms with van der Waals surface area (Å²) >= 11 is 0. The molecule has 0 saturated carbocycles. The first-order valence-electron chi connectivity index (χ1n) is 4.21. The number of ether oxygens (including phenoxy) is 1. The highest BCUT2D eigenvalue weighted by molar-refractivity contribution is 5.07. The average molecular weight is 167 g/mol. The molecule has 1 aromatic heterocycles. The third-order valence-corrected chi connectivity index (χ3v) is 2.08. The van der Waals surface area contributed by atoms with E-state index < -0.39 is 0 Å². The molecule has 1 aliphatic rings. The maximum atomic E-state index is 5.68. The Bertz CT molecular complexity index is 253. The summed E-state index contributed by atoms with van der Waals surface area (Å²) in [6.07, 6.45) is 3.16. The summed E-state index contributed by atoms with van der Waals surface area (Å²) in [4.78, 5) is 0. The molecule has 2 rings (SSSR count). The number of nitrogens with zero attached hydrogens (tertiary/aromatic N) is 2. The van der Waals surface area contributed by atoms with Gasteiger partial charge in [-0.3, -0.25) is 0 Å². The Labute approximate surface area is 71.5 Å². The van der Waals surface area contributed by atoms with Gasteiger partial charge in [0.15, 0.2) is 0 Å². The maximum absolute atomic E-state index is 5.68. The quantitative estimate of drug-likeness (QED) is 0.682. The van der Waals surface area contributed by atoms with Crippen LogP contribution in [0.5, 0.6) is 5.88 Å². The molecule has 2 heterocycles. The van der Waals surface area contributed by atoms with E-state index in [0.29, 0.717) is 6.10 Å². The molecule has 4 heteroatoms. The minimum Gasteiger partial charge on any atom is -0.473 e. The molecule has 1 aliphatic heterocycles. The Kier molecular flexibility index (Phi) is 1.99. The molecule has 66 valence electrons. The molecule has 1 saturated heterocycles. The molecule has 4 nitrogen and oxygen atoms in total. The van der Waals surface area contributed by atoms with Crippen LogP contribution in [0.4, 0.5) is 0 Å². The number of aromatic nitrogens is 2. The zero-order chi connectivity index (χ0) is 8.39. The molecule has 12 heavy (non-hydrogen) atoms. The van der Waals surface area contributed by atoms with Crippen LogP contribution in [0.3, 0.4) is 0 Å². The Balaban J connectivity index is 1.98. The first kappa shape index (κ1) is 7.61. The van der Waals surface area contributed by atoms with Gasteiger partial charge in [-0.05, 0) is 13.0 Å². The van der Waals surface area contributed by atoms with Crippen molar-refractivity contribution in [3.05, 3.63) is 12.3 Å². The van der Waals surface area contributed by atoms with E-state index in [1.54, 1.807) is 10.9 Å². The van der Waals surface area contributed by atoms with Gasteiger partial charge >= 0.3 is 0 Å². The van der Waals surface area contributed by atoms with E-state index >= 15 is 0 Å². The fourth-order valence-electron chi connectivity index (χ4n) is 1.38. The number of hydrogen-bond donors (Lipinski definition) is 1. The van der Waals surface area contributed by atoms with Crippen molar-refractivity contribution >= 4 is 0 Å². The molecule has 1 fully saturated rings. The summed E-state index contributed by atoms with van der Waals surface area (Å²) in [5.41, 5.74) is 0. The van der Waals surface area contributed by atoms with Gasteiger partial charge in [0, 0.05) is 19.7 Å². The zero-order valence-electron chi connectivity index (χ0n) is 7.16. The predicted octanol–water partition coefficient (Wildman–Crippen LogP) is 0.161. The summed E-state index contributed by atoms with van der Waals surface area (Å²) in [6.45, 7) is 2.01. The van der Waals surface area contributed by atoms with Crippen molar-refractivity contribution in [3.8, 4) is 5.88 Å². The van der Waals surface area contributed by atoms with Crippen LogP contribution in [0.2, 0.25) is 0 Å². The number of nitrogens with one attached hydrogen (secondary N) is 1. The van der Waals surface area contributed by atoms with E-state index in [2.05, 4.69) is 10.4 Å². The lowest BCUT2D eigenvalue weighted by Crippen LogP contribution is -2.20. The lowest BCUT2D eigenvalue weighted by molar-refractivity contribution is 0.204. The zero-order valence-corrected chi connectivity index (χ0v) is 7.16. The van der Waals surface area contributed by atoms with Crippen LogP contribution in [0.1, 0.15) is 6.42 Å². The fourth-order valence-corrected chi connectivity index (χ4v) is 1.38. The Hall–Kier alpha value is -1.03. The van der Waals surface area contributed by atoms with Crippen molar-refractivity contribution in [1.29, 1.82) is 0 Å². The molecule has 0 radical (unpaired) electrons. The van der Waals surface area contributed by atoms with Crippen molar-refractivity contribution in [2.45, 2.75) is 12.5 Å². The van der Waals surface area contributed by atoms with Gasteiger partial charge in [0.25, 0.3) is 0 Å². The molecule has 0 aromatic carbocycles. The highest BCUT2D eigenvalue weighted by Crippen LogP contribution is 2.12. The van der Waals surface area contributed by atoms with Crippen molar-refractivity contribution in [2.24, 2.45) is 7.05 Å². The molecular weight excluding hydrogens is 154 g/mol. The summed E-state index contributed by atoms with van der Waals surface area (Å²) in [6, 6.07) is 1.89. The molecule has 0 aliphatic carbocycles. The molecule has 1 unspecified atom stereocenters. The molecule has 0 amide bonds. The smallest absolute Gasteiger partial charge is 0.211 e. The van der Waals surface area contributed by atoms with Crippen LogP contribution in [0, 0.1) is 0 Å². The summed E-state index contributed by atoms with van der Waals surface area (Å²) in [7, 11) is 1.89. The van der Waals surface area contributed by atoms with E-state index in [1.165, 1.54) is 0 Å². The monoisotopic (exact) mass is 167 g/mol. The summed E-state index contributed by atoms with van der Waals surface area (Å²) < 4.78 is 7.43. The van der Waals surface area contributed by atoms with Gasteiger partial charge in [-0.2, -0.15) is 5.10 Å². The molecule has 1 atom stereocenters. The van der Waals surface area contributed by atoms with E-state index in [-0.39, 0.29) is 0 Å². The predicted molar refractivity (Wildman–Crippen MR) is 45.1 cm³/mol. The summed E-state index contributed by atoms with van der Waals surface area (Å²) in [5.74, 6) is 0.851. The van der Waals surface area contributed by atoms with E-state index in [9.17, 15) is 0 Å². The van der Waals surface area contributed by atoms with Gasteiger partial charge < -0.3 is 10.1 Å². The first-order valence-corrected chi connectivity index (χ1v) is 4.21. The fraction of sp³-hybridized carbons (Fsp3) is 0.625. The second-order valence-corrected chi connectivity index (χ2v) is 3.03. The average Bonchev–Trinajstić information content (AvgIpc) is 2.65. The van der Waals surface area contributed by atoms with Crippen molar-refractivity contribution in [2.75, 3.05) is 13.1 Å². The minimum atomic E-state index is 0.320. The molecule has 1 aromatic rings. The van der Waals surface area contributed by atoms with Crippen LogP contribution in [0.25, 0.3) is 0 Å². The Morgan fingerprint density at radius 3 is 3.25 bits per heavy atom. The molecular formula is C8H13N3O. The maximum Gasteiger partial charge on any atom is 0.211 e. The van der Waals surface area contributed by atoms with Gasteiger partial charge in [-0.25, -0.2) is 4.68 Å². The minimum absolute atomic E-state index is 0.320. The highest BCUT2D eigenvalue weighted by Gasteiger charge is 2.16. The van der Waals surface area contributed by atoms with Gasteiger partial charge in [0.1, 0.15) is 6.10 Å². The van der Waals surface area contributed by atoms with Crippen LogP contribution in [-0.4, -0.2) is 29.0 Å². The SMILES string of the molecule is Cn1nccc1OC1CCNC1. The molecule has 0 spiro atoms. The Morgan fingerprint density at radius 2 is 2.67 bits per heavy atom. The number of rotatable bonds is 2. The number of aryl methyl sites for hydroxylation is 1. The van der Waals surface area contributed by atoms with Gasteiger partial charge in [-0.1, -0.05) is 0 Å². The van der Waals surface area contributed by atoms with Crippen molar-refractivity contribution < 1.29 is 4.74 Å². The van der Waals surface area contributed by atoms with Gasteiger partial charge in [-0.15, -0.1) is 0 Å². The molecule has 1 N–H and O–H groups in total. The topological polar surface area (TPSA) is 39.1 Å². The van der Waals surface area contributed by atoms with Gasteiger partial charge in [0.2, 0.25) is 5.88 Å². The first-order chi connectivity index (χ1) is 5.86. The van der Waals surface area contributed by atoms with Crippen molar-refractivity contribution in [3.63, 3.8) is 0 Å². The highest BCUT2D eigenvalue weighted by atomic mass is 16.5. The third kappa shape index (κ3) is 1.43. The van der Waals surface area contributed by atoms with E-state index in [1.807, 2.05) is 13.1 Å². The van der Waals surface area contributed by atoms with Crippen LogP contribution >= 0.6 is 0 Å². The summed E-state index contributed by atoms with van der Waals surface area (Å²) in [5, 5.41) is 7.28. The second-order valence-electron chi connectivity index (χ2n) is 3.03. The normalized spacial score (nSPS) is 22.9. The Morgan fingerprint density at radius 1 is 1.75 bits per heavy atom. The van der Waals surface area contributed by atoms with Gasteiger partial charge in [0.05, 0.1) is 6.20 Å². The van der Waals surface area contributed by atoms with Crippen LogP contribution in [-0.2, 0) is 7.05 Å². The largest absolute Gasteiger partial charge is 0.473 e. The van der Waals surface area contributed by atoms with Crippen LogP contribution in [0.15, 0.2) is 12.3 Å². The lowest BCUT2D eigenvalue weighted by atomic mass is 10.3. The standard InChI is InChI=1S/C8H13N3O/c1-11-8(3-5-10-11)12-7-2-4-9-6-7/h3,5,7,9H,2,4,6H2,1H3. The van der Waals surface area contributed by atoms with E-state index in [4.69, 9.17) is 4.74 Å². The van der Waals surface area contributed by atoms with Crippen molar-refractivity contribution in [1.82, 2.24) is 15.1 Å².